The number of fused-ring (bicyclic) bond motifs is 1. The van der Waals surface area contributed by atoms with Crippen molar-refractivity contribution < 1.29 is 33.4 Å². The summed E-state index contributed by atoms with van der Waals surface area (Å²) < 4.78 is 11.9. The first-order valence-corrected chi connectivity index (χ1v) is 15.7. The van der Waals surface area contributed by atoms with E-state index in [4.69, 9.17) is 26.6 Å². The summed E-state index contributed by atoms with van der Waals surface area (Å²) in [6.07, 6.45) is 5.95. The number of nitrogens with zero attached hydrogens (tertiary/aromatic N) is 3. The maximum absolute atomic E-state index is 13.9. The largest absolute Gasteiger partial charge is 0.497 e. The molecule has 3 aromatic rings. The number of amides is 5. The number of carbonyl (C=O) groups excluding carboxylic acids is 5. The van der Waals surface area contributed by atoms with Crippen molar-refractivity contribution in [2.45, 2.75) is 43.9 Å². The van der Waals surface area contributed by atoms with E-state index < -0.39 is 41.8 Å². The van der Waals surface area contributed by atoms with E-state index in [0.29, 0.717) is 28.1 Å². The predicted molar refractivity (Wildman–Crippen MR) is 183 cm³/mol. The number of primary amides is 1. The first-order valence-electron chi connectivity index (χ1n) is 15.7. The molecule has 4 N–H and O–H groups in total. The Labute approximate surface area is 284 Å². The highest BCUT2D eigenvalue weighted by Gasteiger charge is 2.42. The Morgan fingerprint density at radius 3 is 2.59 bits per heavy atom. The van der Waals surface area contributed by atoms with Gasteiger partial charge in [-0.3, -0.25) is 24.0 Å². The van der Waals surface area contributed by atoms with E-state index in [-0.39, 0.29) is 51.2 Å². The SMILES string of the molecule is C#CCN(C)C(=O)CCCC(=O)N[C@@H](CNC(=O)C=C)C(=O)N1C[C@H](Oc2cc(-c3ccccc3)nc3cc(OC)ccc23)C[C@H]1C(N)=O. The van der Waals surface area contributed by atoms with Crippen LogP contribution in [0.2, 0.25) is 0 Å². The highest BCUT2D eigenvalue weighted by molar-refractivity contribution is 5.94. The van der Waals surface area contributed by atoms with E-state index >= 15 is 0 Å². The number of nitrogens with one attached hydrogen (secondary N) is 2. The van der Waals surface area contributed by atoms with Gasteiger partial charge in [-0.25, -0.2) is 4.98 Å². The van der Waals surface area contributed by atoms with Crippen LogP contribution >= 0.6 is 0 Å². The number of terminal acetylenes is 1. The van der Waals surface area contributed by atoms with Gasteiger partial charge in [-0.05, 0) is 24.6 Å². The second-order valence-corrected chi connectivity index (χ2v) is 11.5. The first-order chi connectivity index (χ1) is 23.5. The summed E-state index contributed by atoms with van der Waals surface area (Å²) in [7, 11) is 3.13. The highest BCUT2D eigenvalue weighted by atomic mass is 16.5. The zero-order valence-electron chi connectivity index (χ0n) is 27.5. The van der Waals surface area contributed by atoms with Crippen molar-refractivity contribution in [2.24, 2.45) is 5.73 Å². The lowest BCUT2D eigenvalue weighted by Crippen LogP contribution is -2.56. The lowest BCUT2D eigenvalue weighted by molar-refractivity contribution is -0.140. The van der Waals surface area contributed by atoms with Crippen molar-refractivity contribution >= 4 is 40.4 Å². The molecule has 0 saturated carbocycles. The fourth-order valence-electron chi connectivity index (χ4n) is 5.49. The van der Waals surface area contributed by atoms with Gasteiger partial charge in [-0.15, -0.1) is 6.42 Å². The normalized spacial score (nSPS) is 15.8. The summed E-state index contributed by atoms with van der Waals surface area (Å²) in [6, 6.07) is 14.5. The van der Waals surface area contributed by atoms with E-state index in [1.165, 1.54) is 9.80 Å². The van der Waals surface area contributed by atoms with Crippen LogP contribution in [0.5, 0.6) is 11.5 Å². The molecular weight excluding hydrogens is 628 g/mol. The summed E-state index contributed by atoms with van der Waals surface area (Å²) in [5.41, 5.74) is 7.89. The van der Waals surface area contributed by atoms with Crippen LogP contribution in [0.1, 0.15) is 25.7 Å². The van der Waals surface area contributed by atoms with Crippen molar-refractivity contribution in [3.05, 3.63) is 67.3 Å². The van der Waals surface area contributed by atoms with Crippen LogP contribution in [0.4, 0.5) is 0 Å². The third-order valence-electron chi connectivity index (χ3n) is 8.06. The van der Waals surface area contributed by atoms with E-state index in [1.54, 1.807) is 32.4 Å². The molecule has 49 heavy (non-hydrogen) atoms. The number of nitrogens with two attached hydrogens (primary N) is 1. The molecule has 5 amide bonds. The second-order valence-electron chi connectivity index (χ2n) is 11.5. The molecule has 3 atom stereocenters. The molecule has 0 bridgehead atoms. The van der Waals surface area contributed by atoms with Crippen molar-refractivity contribution in [2.75, 3.05) is 33.8 Å². The Kier molecular flexibility index (Phi) is 12.3. The molecule has 13 nitrogen and oxygen atoms in total. The van der Waals surface area contributed by atoms with Crippen LogP contribution < -0.4 is 25.8 Å². The van der Waals surface area contributed by atoms with Gasteiger partial charge >= 0.3 is 0 Å². The van der Waals surface area contributed by atoms with Gasteiger partial charge in [0.15, 0.2) is 0 Å². The molecule has 0 radical (unpaired) electrons. The molecule has 1 aliphatic heterocycles. The number of rotatable bonds is 15. The van der Waals surface area contributed by atoms with Crippen molar-refractivity contribution in [1.29, 1.82) is 0 Å². The molecule has 2 aromatic carbocycles. The van der Waals surface area contributed by atoms with Crippen molar-refractivity contribution in [1.82, 2.24) is 25.4 Å². The number of hydrogen-bond donors (Lipinski definition) is 3. The summed E-state index contributed by atoms with van der Waals surface area (Å²) in [6.45, 7) is 3.26. The summed E-state index contributed by atoms with van der Waals surface area (Å²) >= 11 is 0. The smallest absolute Gasteiger partial charge is 0.247 e. The first kappa shape index (κ1) is 35.9. The maximum Gasteiger partial charge on any atom is 0.247 e. The van der Waals surface area contributed by atoms with Gasteiger partial charge in [0, 0.05) is 55.9 Å². The van der Waals surface area contributed by atoms with Crippen LogP contribution in [-0.4, -0.2) is 96.3 Å². The number of hydrogen-bond acceptors (Lipinski definition) is 8. The second kappa shape index (κ2) is 16.8. The quantitative estimate of drug-likeness (QED) is 0.162. The molecule has 1 aliphatic rings. The third-order valence-corrected chi connectivity index (χ3v) is 8.06. The van der Waals surface area contributed by atoms with Gasteiger partial charge in [0.2, 0.25) is 29.5 Å². The number of likely N-dealkylation sites (tertiary alicyclic amines) is 1. The van der Waals surface area contributed by atoms with Crippen LogP contribution in [0.15, 0.2) is 67.3 Å². The predicted octanol–water partition coefficient (Wildman–Crippen LogP) is 1.79. The Balaban J connectivity index is 1.54. The van der Waals surface area contributed by atoms with Gasteiger partial charge in [0.05, 0.1) is 31.4 Å². The van der Waals surface area contributed by atoms with Crippen molar-refractivity contribution in [3.63, 3.8) is 0 Å². The molecule has 4 rings (SSSR count). The number of pyridine rings is 1. The van der Waals surface area contributed by atoms with E-state index in [9.17, 15) is 24.0 Å². The monoisotopic (exact) mass is 668 g/mol. The summed E-state index contributed by atoms with van der Waals surface area (Å²) in [5, 5.41) is 5.86. The third kappa shape index (κ3) is 9.35. The van der Waals surface area contributed by atoms with Crippen LogP contribution in [-0.2, 0) is 24.0 Å². The number of aromatic nitrogens is 1. The molecule has 256 valence electrons. The minimum absolute atomic E-state index is 0.0229. The van der Waals surface area contributed by atoms with Gasteiger partial charge in [0.1, 0.15) is 29.7 Å². The number of ether oxygens (including phenoxy) is 2. The topological polar surface area (TPSA) is 173 Å². The van der Waals surface area contributed by atoms with Gasteiger partial charge < -0.3 is 35.6 Å². The standard InChI is InChI=1S/C36H40N6O7/c1-5-17-41(3)34(45)14-10-13-33(44)40-29(21-38-32(43)6-2)36(47)42-22-25(19-30(42)35(37)46)49-31-20-27(23-11-8-7-9-12-23)39-28-18-24(48-4)15-16-26(28)31/h1,6-9,11-12,15-16,18,20,25,29-30H,2,10,13-14,17,19,21-22H2,3-4H3,(H2,37,46)(H,38,43)(H,40,44)/t25-,29+,30+/m1/s1. The summed E-state index contributed by atoms with van der Waals surface area (Å²) in [5.74, 6) is 0.804. The molecule has 13 heteroatoms. The zero-order valence-corrected chi connectivity index (χ0v) is 27.5. The van der Waals surface area contributed by atoms with Gasteiger partial charge in [-0.1, -0.05) is 42.8 Å². The summed E-state index contributed by atoms with van der Waals surface area (Å²) in [4.78, 5) is 71.1. The molecule has 0 aliphatic carbocycles. The molecule has 0 unspecified atom stereocenters. The fourth-order valence-corrected chi connectivity index (χ4v) is 5.49. The minimum Gasteiger partial charge on any atom is -0.497 e. The average molecular weight is 669 g/mol. The fraction of sp³-hybridized carbons (Fsp3) is 0.333. The lowest BCUT2D eigenvalue weighted by atomic mass is 10.1. The Hall–Kier alpha value is -5.90. The average Bonchev–Trinajstić information content (AvgIpc) is 3.53. The Morgan fingerprint density at radius 2 is 1.92 bits per heavy atom. The van der Waals surface area contributed by atoms with E-state index in [1.807, 2.05) is 36.4 Å². The van der Waals surface area contributed by atoms with Gasteiger partial charge in [0.25, 0.3) is 0 Å². The molecule has 1 aromatic heterocycles. The Bertz CT molecular complexity index is 1760. The van der Waals surface area contributed by atoms with Crippen LogP contribution in [0.25, 0.3) is 22.2 Å². The minimum atomic E-state index is -1.24. The maximum atomic E-state index is 13.9. The number of carbonyl (C=O) groups is 5. The Morgan fingerprint density at radius 1 is 1.16 bits per heavy atom. The molecule has 0 spiro atoms. The number of methoxy groups -OCH3 is 1. The molecule has 2 heterocycles. The van der Waals surface area contributed by atoms with E-state index in [2.05, 4.69) is 23.1 Å². The molecule has 1 saturated heterocycles. The van der Waals surface area contributed by atoms with Crippen molar-refractivity contribution in [3.8, 4) is 35.1 Å². The highest BCUT2D eigenvalue weighted by Crippen LogP contribution is 2.34. The van der Waals surface area contributed by atoms with Crippen LogP contribution in [0.3, 0.4) is 0 Å². The zero-order chi connectivity index (χ0) is 35.5. The lowest BCUT2D eigenvalue weighted by Gasteiger charge is -2.27. The molecule has 1 fully saturated rings. The van der Waals surface area contributed by atoms with E-state index in [0.717, 1.165) is 11.6 Å². The number of benzene rings is 2. The molecular formula is C36H40N6O7. The van der Waals surface area contributed by atoms with Crippen LogP contribution in [0, 0.1) is 12.3 Å². The van der Waals surface area contributed by atoms with Gasteiger partial charge in [-0.2, -0.15) is 0 Å².